The van der Waals surface area contributed by atoms with Crippen molar-refractivity contribution in [1.29, 1.82) is 0 Å². The van der Waals surface area contributed by atoms with Crippen LogP contribution in [0.25, 0.3) is 0 Å². The van der Waals surface area contributed by atoms with Crippen LogP contribution in [0, 0.1) is 0 Å². The predicted molar refractivity (Wildman–Crippen MR) is 74.5 cm³/mol. The molecule has 102 valence electrons. The van der Waals surface area contributed by atoms with Crippen LogP contribution in [0.2, 0.25) is 0 Å². The van der Waals surface area contributed by atoms with Crippen LogP contribution in [0.3, 0.4) is 0 Å². The second kappa shape index (κ2) is 5.28. The number of thiophene rings is 1. The Morgan fingerprint density at radius 2 is 2.11 bits per heavy atom. The van der Waals surface area contributed by atoms with Crippen LogP contribution in [0.4, 0.5) is 0 Å². The summed E-state index contributed by atoms with van der Waals surface area (Å²) in [6, 6.07) is 3.62. The molecule has 1 aliphatic carbocycles. The molecule has 1 aliphatic rings. The van der Waals surface area contributed by atoms with Gasteiger partial charge in [0.05, 0.1) is 0 Å². The molecule has 0 atom stereocenters. The van der Waals surface area contributed by atoms with Crippen molar-refractivity contribution in [2.24, 2.45) is 0 Å². The first-order valence-electron chi connectivity index (χ1n) is 6.29. The van der Waals surface area contributed by atoms with Gasteiger partial charge in [0.1, 0.15) is 4.21 Å². The Labute approximate surface area is 113 Å². The summed E-state index contributed by atoms with van der Waals surface area (Å²) in [5.41, 5.74) is -0.202. The van der Waals surface area contributed by atoms with E-state index in [0.29, 0.717) is 4.21 Å². The molecule has 2 N–H and O–H groups in total. The van der Waals surface area contributed by atoms with Crippen molar-refractivity contribution in [3.05, 3.63) is 17.0 Å². The molecule has 0 aliphatic heterocycles. The van der Waals surface area contributed by atoms with Crippen LogP contribution in [-0.4, -0.2) is 27.0 Å². The molecule has 0 spiro atoms. The molecule has 18 heavy (non-hydrogen) atoms. The normalized spacial score (nSPS) is 17.9. The molecule has 1 aromatic rings. The van der Waals surface area contributed by atoms with Gasteiger partial charge in [-0.15, -0.1) is 11.3 Å². The summed E-state index contributed by atoms with van der Waals surface area (Å²) in [5.74, 6) is 0. The van der Waals surface area contributed by atoms with E-state index < -0.39 is 10.0 Å². The fourth-order valence-electron chi connectivity index (χ4n) is 1.69. The molecule has 2 rings (SSSR count). The zero-order chi connectivity index (χ0) is 13.2. The molecule has 0 bridgehead atoms. The maximum atomic E-state index is 12.1. The molecule has 0 amide bonds. The van der Waals surface area contributed by atoms with E-state index in [0.717, 1.165) is 37.2 Å². The SMILES string of the molecule is CCNCCc1ccc(S(=O)(=O)NC2(C)CC2)s1. The quantitative estimate of drug-likeness (QED) is 0.751. The Hall–Kier alpha value is -0.430. The molecule has 4 nitrogen and oxygen atoms in total. The highest BCUT2D eigenvalue weighted by molar-refractivity contribution is 7.91. The molecule has 0 aromatic carbocycles. The maximum absolute atomic E-state index is 12.1. The number of hydrogen-bond donors (Lipinski definition) is 2. The number of rotatable bonds is 7. The zero-order valence-electron chi connectivity index (χ0n) is 10.8. The Kier molecular flexibility index (Phi) is 4.11. The first-order chi connectivity index (χ1) is 8.45. The minimum atomic E-state index is -3.32. The lowest BCUT2D eigenvalue weighted by atomic mass is 10.3. The first-order valence-corrected chi connectivity index (χ1v) is 8.59. The lowest BCUT2D eigenvalue weighted by Gasteiger charge is -2.10. The molecule has 1 heterocycles. The van der Waals surface area contributed by atoms with E-state index >= 15 is 0 Å². The third-order valence-corrected chi connectivity index (χ3v) is 6.36. The van der Waals surface area contributed by atoms with Crippen molar-refractivity contribution < 1.29 is 8.42 Å². The Bertz CT molecular complexity index is 504. The van der Waals surface area contributed by atoms with E-state index in [4.69, 9.17) is 0 Å². The molecule has 1 saturated carbocycles. The van der Waals surface area contributed by atoms with E-state index in [2.05, 4.69) is 17.0 Å². The second-order valence-electron chi connectivity index (χ2n) is 4.99. The van der Waals surface area contributed by atoms with Crippen molar-refractivity contribution in [3.63, 3.8) is 0 Å². The van der Waals surface area contributed by atoms with Gasteiger partial charge in [-0.1, -0.05) is 6.92 Å². The fraction of sp³-hybridized carbons (Fsp3) is 0.667. The summed E-state index contributed by atoms with van der Waals surface area (Å²) >= 11 is 1.37. The van der Waals surface area contributed by atoms with Gasteiger partial charge in [0.2, 0.25) is 0 Å². The molecular formula is C12H20N2O2S2. The highest BCUT2D eigenvalue weighted by atomic mass is 32.2. The summed E-state index contributed by atoms with van der Waals surface area (Å²) < 4.78 is 27.4. The van der Waals surface area contributed by atoms with Crippen molar-refractivity contribution in [1.82, 2.24) is 10.0 Å². The van der Waals surface area contributed by atoms with Crippen LogP contribution in [0.5, 0.6) is 0 Å². The van der Waals surface area contributed by atoms with Gasteiger partial charge in [0.15, 0.2) is 0 Å². The lowest BCUT2D eigenvalue weighted by Crippen LogP contribution is -2.33. The second-order valence-corrected chi connectivity index (χ2v) is 8.07. The monoisotopic (exact) mass is 288 g/mol. The van der Waals surface area contributed by atoms with Crippen LogP contribution in [0.1, 0.15) is 31.6 Å². The maximum Gasteiger partial charge on any atom is 0.250 e. The van der Waals surface area contributed by atoms with E-state index in [1.807, 2.05) is 13.0 Å². The number of nitrogens with one attached hydrogen (secondary N) is 2. The summed E-state index contributed by atoms with van der Waals surface area (Å²) in [4.78, 5) is 1.11. The lowest BCUT2D eigenvalue weighted by molar-refractivity contribution is 0.560. The molecule has 0 unspecified atom stereocenters. The van der Waals surface area contributed by atoms with Crippen LogP contribution in [0.15, 0.2) is 16.3 Å². The van der Waals surface area contributed by atoms with Gasteiger partial charge < -0.3 is 5.32 Å². The Morgan fingerprint density at radius 1 is 1.39 bits per heavy atom. The highest BCUT2D eigenvalue weighted by Crippen LogP contribution is 2.36. The third kappa shape index (κ3) is 3.54. The summed E-state index contributed by atoms with van der Waals surface area (Å²) in [7, 11) is -3.32. The van der Waals surface area contributed by atoms with E-state index in [9.17, 15) is 8.42 Å². The van der Waals surface area contributed by atoms with Crippen LogP contribution < -0.4 is 10.0 Å². The molecule has 1 fully saturated rings. The molecule has 0 radical (unpaired) electrons. The van der Waals surface area contributed by atoms with Gasteiger partial charge in [-0.25, -0.2) is 13.1 Å². The average molecular weight is 288 g/mol. The third-order valence-electron chi connectivity index (χ3n) is 3.08. The van der Waals surface area contributed by atoms with E-state index in [1.54, 1.807) is 6.07 Å². The minimum absolute atomic E-state index is 0.202. The molecule has 0 saturated heterocycles. The summed E-state index contributed by atoms with van der Waals surface area (Å²) in [6.45, 7) is 5.84. The Balaban J connectivity index is 2.00. The van der Waals surface area contributed by atoms with E-state index in [-0.39, 0.29) is 5.54 Å². The van der Waals surface area contributed by atoms with Gasteiger partial charge in [-0.05, 0) is 51.4 Å². The van der Waals surface area contributed by atoms with Crippen molar-refractivity contribution >= 4 is 21.4 Å². The fourth-order valence-corrected chi connectivity index (χ4v) is 4.51. The highest BCUT2D eigenvalue weighted by Gasteiger charge is 2.41. The van der Waals surface area contributed by atoms with Gasteiger partial charge in [0, 0.05) is 10.4 Å². The van der Waals surface area contributed by atoms with Gasteiger partial charge >= 0.3 is 0 Å². The van der Waals surface area contributed by atoms with E-state index in [1.165, 1.54) is 11.3 Å². The predicted octanol–water partition coefficient (Wildman–Crippen LogP) is 1.73. The number of hydrogen-bond acceptors (Lipinski definition) is 4. The van der Waals surface area contributed by atoms with Gasteiger partial charge in [-0.2, -0.15) is 0 Å². The number of likely N-dealkylation sites (N-methyl/N-ethyl adjacent to an activating group) is 1. The van der Waals surface area contributed by atoms with Crippen LogP contribution in [-0.2, 0) is 16.4 Å². The average Bonchev–Trinajstić information content (AvgIpc) is 2.80. The topological polar surface area (TPSA) is 58.2 Å². The molecular weight excluding hydrogens is 268 g/mol. The van der Waals surface area contributed by atoms with Gasteiger partial charge in [0.25, 0.3) is 10.0 Å². The Morgan fingerprint density at radius 3 is 2.72 bits per heavy atom. The largest absolute Gasteiger partial charge is 0.317 e. The van der Waals surface area contributed by atoms with Crippen molar-refractivity contribution in [2.45, 2.75) is 42.9 Å². The summed E-state index contributed by atoms with van der Waals surface area (Å²) in [5, 5.41) is 3.23. The molecule has 6 heteroatoms. The molecule has 1 aromatic heterocycles. The zero-order valence-corrected chi connectivity index (χ0v) is 12.5. The standard InChI is InChI=1S/C12H20N2O2S2/c1-3-13-9-6-10-4-5-11(17-10)18(15,16)14-12(2)7-8-12/h4-5,13-14H,3,6-9H2,1-2H3. The van der Waals surface area contributed by atoms with Gasteiger partial charge in [-0.3, -0.25) is 0 Å². The first kappa shape index (κ1) is 14.0. The number of sulfonamides is 1. The van der Waals surface area contributed by atoms with Crippen LogP contribution >= 0.6 is 11.3 Å². The minimum Gasteiger partial charge on any atom is -0.317 e. The summed E-state index contributed by atoms with van der Waals surface area (Å²) in [6.07, 6.45) is 2.75. The smallest absolute Gasteiger partial charge is 0.250 e. The van der Waals surface area contributed by atoms with Crippen molar-refractivity contribution in [2.75, 3.05) is 13.1 Å². The van der Waals surface area contributed by atoms with Crippen molar-refractivity contribution in [3.8, 4) is 0 Å².